The van der Waals surface area contributed by atoms with Gasteiger partial charge in [-0.2, -0.15) is 0 Å². The van der Waals surface area contributed by atoms with Crippen LogP contribution in [0.3, 0.4) is 0 Å². The van der Waals surface area contributed by atoms with E-state index in [9.17, 15) is 9.59 Å². The summed E-state index contributed by atoms with van der Waals surface area (Å²) in [6.07, 6.45) is 1.50. The van der Waals surface area contributed by atoms with Crippen molar-refractivity contribution in [1.82, 2.24) is 0 Å². The Labute approximate surface area is 111 Å². The van der Waals surface area contributed by atoms with Crippen LogP contribution in [0.4, 0.5) is 5.69 Å². The summed E-state index contributed by atoms with van der Waals surface area (Å²) in [5.41, 5.74) is 11.3. The summed E-state index contributed by atoms with van der Waals surface area (Å²) in [5.74, 6) is 0.135. The fourth-order valence-corrected chi connectivity index (χ4v) is 1.91. The molecule has 0 spiro atoms. The van der Waals surface area contributed by atoms with Crippen LogP contribution in [-0.4, -0.2) is 31.0 Å². The molecule has 1 aliphatic heterocycles. The second kappa shape index (κ2) is 5.71. The molecule has 2 amide bonds. The number of nitrogens with two attached hydrogens (primary N) is 2. The predicted octanol–water partition coefficient (Wildman–Crippen LogP) is 0.00480. The molecule has 1 unspecified atom stereocenters. The molecule has 2 rings (SSSR count). The van der Waals surface area contributed by atoms with Gasteiger partial charge in [0.1, 0.15) is 18.4 Å². The van der Waals surface area contributed by atoms with E-state index in [0.717, 1.165) is 18.7 Å². The average Bonchev–Trinajstić information content (AvgIpc) is 2.82. The smallest absolute Gasteiger partial charge is 0.237 e. The van der Waals surface area contributed by atoms with E-state index in [1.165, 1.54) is 0 Å². The topological polar surface area (TPSA) is 98.7 Å². The largest absolute Gasteiger partial charge is 0.491 e. The number of benzene rings is 1. The molecule has 102 valence electrons. The zero-order valence-corrected chi connectivity index (χ0v) is 10.5. The van der Waals surface area contributed by atoms with Gasteiger partial charge in [-0.05, 0) is 30.7 Å². The first kappa shape index (κ1) is 13.4. The van der Waals surface area contributed by atoms with Crippen LogP contribution in [0.15, 0.2) is 24.3 Å². The maximum atomic E-state index is 11.6. The molecule has 1 fully saturated rings. The van der Waals surface area contributed by atoms with Crippen LogP contribution in [0.1, 0.15) is 12.8 Å². The zero-order chi connectivity index (χ0) is 13.8. The van der Waals surface area contributed by atoms with Gasteiger partial charge >= 0.3 is 0 Å². The molecular weight excluding hydrogens is 246 g/mol. The predicted molar refractivity (Wildman–Crippen MR) is 70.7 cm³/mol. The Kier molecular flexibility index (Phi) is 4.01. The van der Waals surface area contributed by atoms with Crippen molar-refractivity contribution >= 4 is 17.5 Å². The highest BCUT2D eigenvalue weighted by atomic mass is 16.5. The van der Waals surface area contributed by atoms with E-state index in [1.54, 1.807) is 17.0 Å². The molecule has 19 heavy (non-hydrogen) atoms. The van der Waals surface area contributed by atoms with E-state index in [1.807, 2.05) is 12.1 Å². The molecule has 0 saturated carbocycles. The lowest BCUT2D eigenvalue weighted by Gasteiger charge is -2.16. The Balaban J connectivity index is 1.95. The van der Waals surface area contributed by atoms with Gasteiger partial charge < -0.3 is 21.1 Å². The SMILES string of the molecule is NC(=O)C(N)COc1ccc(N2CCCC2=O)cc1. The number of rotatable bonds is 5. The van der Waals surface area contributed by atoms with Gasteiger partial charge in [0.15, 0.2) is 0 Å². The van der Waals surface area contributed by atoms with E-state index in [-0.39, 0.29) is 12.5 Å². The fourth-order valence-electron chi connectivity index (χ4n) is 1.91. The number of nitrogens with zero attached hydrogens (tertiary/aromatic N) is 1. The quantitative estimate of drug-likeness (QED) is 0.781. The lowest BCUT2D eigenvalue weighted by molar-refractivity contribution is -0.120. The standard InChI is InChI=1S/C13H17N3O3/c14-11(13(15)18)8-19-10-5-3-9(4-6-10)16-7-1-2-12(16)17/h3-6,11H,1-2,7-8,14H2,(H2,15,18). The number of carbonyl (C=O) groups excluding carboxylic acids is 2. The Hall–Kier alpha value is -2.08. The summed E-state index contributed by atoms with van der Waals surface area (Å²) < 4.78 is 5.34. The second-order valence-electron chi connectivity index (χ2n) is 4.46. The Morgan fingerprint density at radius 1 is 1.37 bits per heavy atom. The van der Waals surface area contributed by atoms with Crippen molar-refractivity contribution in [2.75, 3.05) is 18.1 Å². The average molecular weight is 263 g/mol. The number of anilines is 1. The number of carbonyl (C=O) groups is 2. The van der Waals surface area contributed by atoms with E-state index in [2.05, 4.69) is 0 Å². The van der Waals surface area contributed by atoms with Crippen molar-refractivity contribution in [3.8, 4) is 5.75 Å². The summed E-state index contributed by atoms with van der Waals surface area (Å²) in [6, 6.07) is 6.30. The molecular formula is C13H17N3O3. The van der Waals surface area contributed by atoms with Gasteiger partial charge in [0, 0.05) is 18.7 Å². The normalized spacial score (nSPS) is 16.5. The number of amides is 2. The molecule has 0 aromatic heterocycles. The van der Waals surface area contributed by atoms with Gasteiger partial charge in [0.25, 0.3) is 0 Å². The number of hydrogen-bond acceptors (Lipinski definition) is 4. The third kappa shape index (κ3) is 3.23. The monoisotopic (exact) mass is 263 g/mol. The van der Waals surface area contributed by atoms with E-state index in [0.29, 0.717) is 12.2 Å². The third-order valence-corrected chi connectivity index (χ3v) is 3.02. The summed E-state index contributed by atoms with van der Waals surface area (Å²) in [6.45, 7) is 0.795. The Morgan fingerprint density at radius 3 is 2.58 bits per heavy atom. The molecule has 4 N–H and O–H groups in total. The molecule has 0 bridgehead atoms. The van der Waals surface area contributed by atoms with Gasteiger partial charge in [-0.3, -0.25) is 9.59 Å². The molecule has 1 atom stereocenters. The molecule has 0 aliphatic carbocycles. The van der Waals surface area contributed by atoms with Crippen molar-refractivity contribution in [1.29, 1.82) is 0 Å². The third-order valence-electron chi connectivity index (χ3n) is 3.02. The van der Waals surface area contributed by atoms with E-state index >= 15 is 0 Å². The molecule has 1 aromatic rings. The molecule has 6 heteroatoms. The minimum absolute atomic E-state index is 0.0390. The van der Waals surface area contributed by atoms with Crippen molar-refractivity contribution in [2.24, 2.45) is 11.5 Å². The molecule has 1 saturated heterocycles. The number of ether oxygens (including phenoxy) is 1. The summed E-state index contributed by atoms with van der Waals surface area (Å²) in [4.78, 5) is 24.1. The van der Waals surface area contributed by atoms with E-state index in [4.69, 9.17) is 16.2 Å². The van der Waals surface area contributed by atoms with Crippen LogP contribution in [0, 0.1) is 0 Å². The van der Waals surface area contributed by atoms with Gasteiger partial charge in [-0.25, -0.2) is 0 Å². The molecule has 6 nitrogen and oxygen atoms in total. The number of hydrogen-bond donors (Lipinski definition) is 2. The number of primary amides is 1. The van der Waals surface area contributed by atoms with Crippen LogP contribution < -0.4 is 21.1 Å². The lowest BCUT2D eigenvalue weighted by atomic mass is 10.2. The molecule has 1 heterocycles. The van der Waals surface area contributed by atoms with Crippen LogP contribution in [0.2, 0.25) is 0 Å². The Morgan fingerprint density at radius 2 is 2.05 bits per heavy atom. The van der Waals surface area contributed by atoms with Gasteiger partial charge in [0.2, 0.25) is 11.8 Å². The van der Waals surface area contributed by atoms with Crippen molar-refractivity contribution in [2.45, 2.75) is 18.9 Å². The minimum Gasteiger partial charge on any atom is -0.491 e. The first-order chi connectivity index (χ1) is 9.08. The van der Waals surface area contributed by atoms with Crippen LogP contribution in [0.5, 0.6) is 5.75 Å². The van der Waals surface area contributed by atoms with Gasteiger partial charge in [-0.15, -0.1) is 0 Å². The van der Waals surface area contributed by atoms with Gasteiger partial charge in [-0.1, -0.05) is 0 Å². The maximum absolute atomic E-state index is 11.6. The molecule has 0 radical (unpaired) electrons. The van der Waals surface area contributed by atoms with Gasteiger partial charge in [0.05, 0.1) is 0 Å². The lowest BCUT2D eigenvalue weighted by Crippen LogP contribution is -2.41. The van der Waals surface area contributed by atoms with Crippen LogP contribution in [0.25, 0.3) is 0 Å². The summed E-state index contributed by atoms with van der Waals surface area (Å²) >= 11 is 0. The second-order valence-corrected chi connectivity index (χ2v) is 4.46. The maximum Gasteiger partial charge on any atom is 0.237 e. The zero-order valence-electron chi connectivity index (χ0n) is 10.5. The first-order valence-electron chi connectivity index (χ1n) is 6.16. The highest BCUT2D eigenvalue weighted by Gasteiger charge is 2.21. The molecule has 1 aliphatic rings. The highest BCUT2D eigenvalue weighted by Crippen LogP contribution is 2.23. The van der Waals surface area contributed by atoms with Crippen molar-refractivity contribution in [3.63, 3.8) is 0 Å². The first-order valence-corrected chi connectivity index (χ1v) is 6.16. The summed E-state index contributed by atoms with van der Waals surface area (Å²) in [5, 5.41) is 0. The Bertz CT molecular complexity index is 473. The van der Waals surface area contributed by atoms with Crippen molar-refractivity contribution in [3.05, 3.63) is 24.3 Å². The van der Waals surface area contributed by atoms with Crippen LogP contribution >= 0.6 is 0 Å². The van der Waals surface area contributed by atoms with Crippen LogP contribution in [-0.2, 0) is 9.59 Å². The molecule has 1 aromatic carbocycles. The highest BCUT2D eigenvalue weighted by molar-refractivity contribution is 5.95. The van der Waals surface area contributed by atoms with E-state index < -0.39 is 11.9 Å². The minimum atomic E-state index is -0.820. The summed E-state index contributed by atoms with van der Waals surface area (Å²) in [7, 11) is 0. The van der Waals surface area contributed by atoms with Crippen molar-refractivity contribution < 1.29 is 14.3 Å². The fraction of sp³-hybridized carbons (Fsp3) is 0.385.